The van der Waals surface area contributed by atoms with Crippen molar-refractivity contribution in [3.05, 3.63) is 47.5 Å². The normalized spacial score (nSPS) is 16.3. The zero-order valence-electron chi connectivity index (χ0n) is 14.7. The van der Waals surface area contributed by atoms with Gasteiger partial charge < -0.3 is 10.4 Å². The Labute approximate surface area is 147 Å². The summed E-state index contributed by atoms with van der Waals surface area (Å²) in [6.45, 7) is 7.16. The Morgan fingerprint density at radius 1 is 1.40 bits per heavy atom. The Kier molecular flexibility index (Phi) is 5.45. The number of fused-ring (bicyclic) bond motifs is 1. The molecule has 2 N–H and O–H groups in total. The fourth-order valence-electron chi connectivity index (χ4n) is 3.01. The van der Waals surface area contributed by atoms with Crippen molar-refractivity contribution < 1.29 is 9.90 Å². The number of nitrogens with one attached hydrogen (secondary N) is 1. The van der Waals surface area contributed by atoms with Crippen molar-refractivity contribution in [3.63, 3.8) is 0 Å². The van der Waals surface area contributed by atoms with Gasteiger partial charge in [-0.1, -0.05) is 6.07 Å². The van der Waals surface area contributed by atoms with Crippen LogP contribution in [-0.2, 0) is 13.1 Å². The van der Waals surface area contributed by atoms with E-state index in [-0.39, 0.29) is 12.5 Å². The Hall–Kier alpha value is -2.25. The van der Waals surface area contributed by atoms with Gasteiger partial charge in [0.2, 0.25) is 0 Å². The number of rotatable bonds is 5. The van der Waals surface area contributed by atoms with Gasteiger partial charge in [-0.25, -0.2) is 0 Å². The second-order valence-electron chi connectivity index (χ2n) is 6.67. The van der Waals surface area contributed by atoms with Crippen LogP contribution in [0, 0.1) is 0 Å². The number of carbonyl (C=O) groups is 1. The number of carbonyl (C=O) groups excluding carboxylic acids is 1. The fourth-order valence-corrected chi connectivity index (χ4v) is 3.01. The highest BCUT2D eigenvalue weighted by Gasteiger charge is 2.21. The van der Waals surface area contributed by atoms with Gasteiger partial charge in [0.25, 0.3) is 5.91 Å². The van der Waals surface area contributed by atoms with Gasteiger partial charge in [-0.15, -0.1) is 0 Å². The minimum absolute atomic E-state index is 0.130. The van der Waals surface area contributed by atoms with Crippen LogP contribution in [0.15, 0.2) is 30.6 Å². The maximum Gasteiger partial charge on any atom is 0.271 e. The van der Waals surface area contributed by atoms with E-state index >= 15 is 0 Å². The topological polar surface area (TPSA) is 83.3 Å². The molecule has 0 aliphatic carbocycles. The molecular weight excluding hydrogens is 318 g/mol. The Balaban J connectivity index is 1.63. The summed E-state index contributed by atoms with van der Waals surface area (Å²) >= 11 is 0. The van der Waals surface area contributed by atoms with Crippen molar-refractivity contribution in [1.82, 2.24) is 25.0 Å². The molecule has 0 fully saturated rings. The Bertz CT molecular complexity index is 714. The fraction of sp³-hybridized carbons (Fsp3) is 0.500. The molecule has 2 aromatic rings. The SMILES string of the molecule is CC(C)N1CCCn2nc(C(=O)NCC(O)c3cccnc3)cc2C1. The first-order valence-corrected chi connectivity index (χ1v) is 8.71. The molecule has 1 amide bonds. The van der Waals surface area contributed by atoms with Gasteiger partial charge in [0.05, 0.1) is 11.8 Å². The average Bonchev–Trinajstić information content (AvgIpc) is 2.91. The molecule has 0 spiro atoms. The molecule has 2 aromatic heterocycles. The molecule has 0 aromatic carbocycles. The lowest BCUT2D eigenvalue weighted by Gasteiger charge is -2.23. The highest BCUT2D eigenvalue weighted by molar-refractivity contribution is 5.92. The van der Waals surface area contributed by atoms with Gasteiger partial charge in [-0.05, 0) is 32.4 Å². The zero-order valence-corrected chi connectivity index (χ0v) is 14.7. The van der Waals surface area contributed by atoms with E-state index in [2.05, 4.69) is 34.1 Å². The van der Waals surface area contributed by atoms with Gasteiger partial charge in [0, 0.05) is 50.2 Å². The number of nitrogens with zero attached hydrogens (tertiary/aromatic N) is 4. The minimum Gasteiger partial charge on any atom is -0.387 e. The molecule has 7 nitrogen and oxygen atoms in total. The third-order valence-corrected chi connectivity index (χ3v) is 4.53. The lowest BCUT2D eigenvalue weighted by atomic mass is 10.1. The van der Waals surface area contributed by atoms with E-state index in [4.69, 9.17) is 0 Å². The molecule has 1 atom stereocenters. The van der Waals surface area contributed by atoms with Crippen LogP contribution in [0.1, 0.15) is 48.1 Å². The number of aryl methyl sites for hydroxylation is 1. The smallest absolute Gasteiger partial charge is 0.271 e. The molecule has 0 saturated carbocycles. The zero-order chi connectivity index (χ0) is 17.8. The summed E-state index contributed by atoms with van der Waals surface area (Å²) in [5.74, 6) is -0.264. The van der Waals surface area contributed by atoms with Gasteiger partial charge in [0.1, 0.15) is 5.69 Å². The Morgan fingerprint density at radius 2 is 2.24 bits per heavy atom. The number of aromatic nitrogens is 3. The molecule has 1 unspecified atom stereocenters. The summed E-state index contributed by atoms with van der Waals surface area (Å²) in [7, 11) is 0. The molecule has 0 bridgehead atoms. The van der Waals surface area contributed by atoms with E-state index in [0.717, 1.165) is 31.7 Å². The number of amides is 1. The van der Waals surface area contributed by atoms with Gasteiger partial charge in [-0.2, -0.15) is 5.10 Å². The third kappa shape index (κ3) is 4.24. The standard InChI is InChI=1S/C18H25N5O2/c1-13(2)22-7-4-8-23-15(12-22)9-16(21-23)18(25)20-11-17(24)14-5-3-6-19-10-14/h3,5-6,9-10,13,17,24H,4,7-8,11-12H2,1-2H3,(H,20,25). The lowest BCUT2D eigenvalue weighted by molar-refractivity contribution is 0.0910. The number of hydrogen-bond donors (Lipinski definition) is 2. The van der Waals surface area contributed by atoms with Crippen molar-refractivity contribution >= 4 is 5.91 Å². The van der Waals surface area contributed by atoms with E-state index in [1.54, 1.807) is 24.5 Å². The average molecular weight is 343 g/mol. The van der Waals surface area contributed by atoms with E-state index in [1.807, 2.05) is 10.7 Å². The van der Waals surface area contributed by atoms with Gasteiger partial charge >= 0.3 is 0 Å². The molecule has 0 radical (unpaired) electrons. The summed E-state index contributed by atoms with van der Waals surface area (Å²) in [5, 5.41) is 17.3. The first kappa shape index (κ1) is 17.6. The van der Waals surface area contributed by atoms with Crippen molar-refractivity contribution in [2.24, 2.45) is 0 Å². The summed E-state index contributed by atoms with van der Waals surface area (Å²) < 4.78 is 1.93. The van der Waals surface area contributed by atoms with Crippen LogP contribution < -0.4 is 5.32 Å². The predicted molar refractivity (Wildman–Crippen MR) is 93.9 cm³/mol. The van der Waals surface area contributed by atoms with Crippen molar-refractivity contribution in [3.8, 4) is 0 Å². The predicted octanol–water partition coefficient (Wildman–Crippen LogP) is 1.36. The van der Waals surface area contributed by atoms with E-state index in [0.29, 0.717) is 17.3 Å². The Morgan fingerprint density at radius 3 is 2.96 bits per heavy atom. The van der Waals surface area contributed by atoms with Crippen molar-refractivity contribution in [2.45, 2.75) is 45.5 Å². The van der Waals surface area contributed by atoms with Crippen LogP contribution in [0.5, 0.6) is 0 Å². The molecule has 1 aliphatic heterocycles. The number of pyridine rings is 1. The van der Waals surface area contributed by atoms with Gasteiger partial charge in [0.15, 0.2) is 0 Å². The molecular formula is C18H25N5O2. The van der Waals surface area contributed by atoms with E-state index in [1.165, 1.54) is 0 Å². The summed E-state index contributed by atoms with van der Waals surface area (Å²) in [6, 6.07) is 5.86. The van der Waals surface area contributed by atoms with Crippen LogP contribution in [0.3, 0.4) is 0 Å². The third-order valence-electron chi connectivity index (χ3n) is 4.53. The maximum absolute atomic E-state index is 12.4. The molecule has 134 valence electrons. The quantitative estimate of drug-likeness (QED) is 0.856. The molecule has 25 heavy (non-hydrogen) atoms. The van der Waals surface area contributed by atoms with Crippen LogP contribution in [-0.4, -0.2) is 49.8 Å². The summed E-state index contributed by atoms with van der Waals surface area (Å²) in [5.41, 5.74) is 2.14. The van der Waals surface area contributed by atoms with E-state index < -0.39 is 6.10 Å². The molecule has 7 heteroatoms. The van der Waals surface area contributed by atoms with Crippen LogP contribution in [0.4, 0.5) is 0 Å². The molecule has 3 rings (SSSR count). The monoisotopic (exact) mass is 343 g/mol. The highest BCUT2D eigenvalue weighted by atomic mass is 16.3. The minimum atomic E-state index is -0.783. The van der Waals surface area contributed by atoms with Crippen LogP contribution in [0.2, 0.25) is 0 Å². The number of aliphatic hydroxyl groups is 1. The van der Waals surface area contributed by atoms with Crippen molar-refractivity contribution in [2.75, 3.05) is 13.1 Å². The molecule has 1 aliphatic rings. The second kappa shape index (κ2) is 7.76. The second-order valence-corrected chi connectivity index (χ2v) is 6.67. The summed E-state index contributed by atoms with van der Waals surface area (Å²) in [4.78, 5) is 18.7. The largest absolute Gasteiger partial charge is 0.387 e. The van der Waals surface area contributed by atoms with Gasteiger partial charge in [-0.3, -0.25) is 19.4 Å². The summed E-state index contributed by atoms with van der Waals surface area (Å²) in [6.07, 6.45) is 3.48. The number of hydrogen-bond acceptors (Lipinski definition) is 5. The van der Waals surface area contributed by atoms with Crippen molar-refractivity contribution in [1.29, 1.82) is 0 Å². The molecule has 3 heterocycles. The first-order chi connectivity index (χ1) is 12.0. The van der Waals surface area contributed by atoms with E-state index in [9.17, 15) is 9.90 Å². The van der Waals surface area contributed by atoms with Crippen LogP contribution >= 0.6 is 0 Å². The highest BCUT2D eigenvalue weighted by Crippen LogP contribution is 2.16. The first-order valence-electron chi connectivity index (χ1n) is 8.71. The lowest BCUT2D eigenvalue weighted by Crippen LogP contribution is -2.30. The maximum atomic E-state index is 12.4. The van der Waals surface area contributed by atoms with Crippen LogP contribution in [0.25, 0.3) is 0 Å². The molecule has 0 saturated heterocycles. The number of aliphatic hydroxyl groups excluding tert-OH is 1.